The van der Waals surface area contributed by atoms with Gasteiger partial charge in [0.1, 0.15) is 23.7 Å². The van der Waals surface area contributed by atoms with Gasteiger partial charge >= 0.3 is 6.09 Å². The minimum Gasteiger partial charge on any atom is -0.444 e. The van der Waals surface area contributed by atoms with E-state index >= 15 is 0 Å². The lowest BCUT2D eigenvalue weighted by atomic mass is 10.0. The van der Waals surface area contributed by atoms with Crippen LogP contribution in [0.2, 0.25) is 0 Å². The average molecular weight is 675 g/mol. The van der Waals surface area contributed by atoms with Crippen LogP contribution in [0.3, 0.4) is 0 Å². The second-order valence-electron chi connectivity index (χ2n) is 14.2. The van der Waals surface area contributed by atoms with Crippen LogP contribution in [0.15, 0.2) is 24.3 Å². The third kappa shape index (κ3) is 11.2. The van der Waals surface area contributed by atoms with Crippen molar-refractivity contribution in [2.24, 2.45) is 5.92 Å². The highest BCUT2D eigenvalue weighted by atomic mass is 16.6. The molecule has 1 aliphatic heterocycles. The molecule has 12 heteroatoms. The van der Waals surface area contributed by atoms with Crippen molar-refractivity contribution in [2.45, 2.75) is 122 Å². The van der Waals surface area contributed by atoms with E-state index in [-0.39, 0.29) is 36.5 Å². The molecule has 1 aliphatic carbocycles. The second-order valence-corrected chi connectivity index (χ2v) is 14.2. The van der Waals surface area contributed by atoms with Gasteiger partial charge in [-0.1, -0.05) is 38.1 Å². The number of nitrogens with one attached hydrogen (secondary N) is 2. The molecule has 0 saturated carbocycles. The van der Waals surface area contributed by atoms with Crippen molar-refractivity contribution in [3.8, 4) is 0 Å². The van der Waals surface area contributed by atoms with Crippen LogP contribution < -0.4 is 10.6 Å². The van der Waals surface area contributed by atoms with Gasteiger partial charge in [-0.3, -0.25) is 19.3 Å². The number of amides is 4. The summed E-state index contributed by atoms with van der Waals surface area (Å²) >= 11 is 0. The fourth-order valence-electron chi connectivity index (χ4n) is 6.06. The van der Waals surface area contributed by atoms with Crippen LogP contribution in [0.25, 0.3) is 0 Å². The monoisotopic (exact) mass is 674 g/mol. The number of carbonyl (C=O) groups excluding carboxylic acids is 4. The summed E-state index contributed by atoms with van der Waals surface area (Å²) in [6.45, 7) is 12.9. The van der Waals surface area contributed by atoms with E-state index in [0.29, 0.717) is 45.6 Å². The molecule has 4 amide bonds. The van der Waals surface area contributed by atoms with Crippen molar-refractivity contribution >= 4 is 23.8 Å². The predicted molar refractivity (Wildman–Crippen MR) is 182 cm³/mol. The molecule has 1 aromatic carbocycles. The Morgan fingerprint density at radius 2 is 1.73 bits per heavy atom. The quantitative estimate of drug-likeness (QED) is 0.212. The van der Waals surface area contributed by atoms with Gasteiger partial charge in [0.2, 0.25) is 17.7 Å². The summed E-state index contributed by atoms with van der Waals surface area (Å²) in [6.07, 6.45) is 4.36. The maximum atomic E-state index is 13.9. The molecular formula is C36H58N4O8. The molecule has 270 valence electrons. The smallest absolute Gasteiger partial charge is 0.410 e. The van der Waals surface area contributed by atoms with E-state index in [0.717, 1.165) is 36.8 Å². The molecule has 1 heterocycles. The number of rotatable bonds is 17. The van der Waals surface area contributed by atoms with Gasteiger partial charge in [0.25, 0.3) is 0 Å². The zero-order valence-corrected chi connectivity index (χ0v) is 30.0. The summed E-state index contributed by atoms with van der Waals surface area (Å²) in [6, 6.07) is 5.21. The Morgan fingerprint density at radius 3 is 2.42 bits per heavy atom. The average Bonchev–Trinajstić information content (AvgIpc) is 3.66. The molecule has 0 spiro atoms. The lowest BCUT2D eigenvalue weighted by molar-refractivity contribution is -0.143. The Kier molecular flexibility index (Phi) is 15.1. The highest BCUT2D eigenvalue weighted by molar-refractivity contribution is 5.94. The molecule has 2 aliphatic rings. The summed E-state index contributed by atoms with van der Waals surface area (Å²) in [5.74, 6) is -1.30. The minimum atomic E-state index is -0.880. The Labute approximate surface area is 286 Å². The zero-order valence-electron chi connectivity index (χ0n) is 30.0. The molecule has 0 aromatic heterocycles. The van der Waals surface area contributed by atoms with Crippen molar-refractivity contribution in [2.75, 3.05) is 40.0 Å². The zero-order chi connectivity index (χ0) is 35.4. The van der Waals surface area contributed by atoms with Crippen LogP contribution in [0.4, 0.5) is 4.79 Å². The Morgan fingerprint density at radius 1 is 1.02 bits per heavy atom. The van der Waals surface area contributed by atoms with Crippen LogP contribution in [0.5, 0.6) is 0 Å². The highest BCUT2D eigenvalue weighted by Gasteiger charge is 2.42. The lowest BCUT2D eigenvalue weighted by Crippen LogP contribution is -2.58. The number of ether oxygens (including phenoxy) is 3. The maximum absolute atomic E-state index is 13.9. The van der Waals surface area contributed by atoms with E-state index in [2.05, 4.69) is 16.7 Å². The summed E-state index contributed by atoms with van der Waals surface area (Å²) in [5.41, 5.74) is 1.43. The lowest BCUT2D eigenvalue weighted by Gasteiger charge is -2.33. The predicted octanol–water partition coefficient (Wildman–Crippen LogP) is 3.74. The van der Waals surface area contributed by atoms with Crippen LogP contribution >= 0.6 is 0 Å². The fourth-order valence-corrected chi connectivity index (χ4v) is 6.06. The highest BCUT2D eigenvalue weighted by Crippen LogP contribution is 2.34. The van der Waals surface area contributed by atoms with Crippen molar-refractivity contribution in [3.63, 3.8) is 0 Å². The molecular weight excluding hydrogens is 616 g/mol. The van der Waals surface area contributed by atoms with Crippen molar-refractivity contribution in [3.05, 3.63) is 35.4 Å². The van der Waals surface area contributed by atoms with Crippen molar-refractivity contribution < 1.29 is 38.5 Å². The first-order chi connectivity index (χ1) is 22.7. The van der Waals surface area contributed by atoms with Crippen LogP contribution in [-0.2, 0) is 35.0 Å². The van der Waals surface area contributed by atoms with Gasteiger partial charge < -0.3 is 34.9 Å². The summed E-state index contributed by atoms with van der Waals surface area (Å²) < 4.78 is 17.4. The summed E-state index contributed by atoms with van der Waals surface area (Å²) in [7, 11) is 1.49. The molecule has 1 saturated heterocycles. The number of hydrogen-bond donors (Lipinski definition) is 3. The molecule has 5 atom stereocenters. The van der Waals surface area contributed by atoms with E-state index in [9.17, 15) is 19.2 Å². The van der Waals surface area contributed by atoms with Crippen LogP contribution in [-0.4, -0.2) is 109 Å². The summed E-state index contributed by atoms with van der Waals surface area (Å²) in [4.78, 5) is 56.4. The first-order valence-electron chi connectivity index (χ1n) is 17.5. The molecule has 1 aromatic rings. The van der Waals surface area contributed by atoms with Crippen molar-refractivity contribution in [1.29, 1.82) is 0 Å². The minimum absolute atomic E-state index is 0.206. The maximum Gasteiger partial charge on any atom is 0.410 e. The SMILES string of the molecule is CC(C)[C@H](NC(=O)[C@H](C)N(C)C(=O)OC(C)(C)C)C(=O)N1CCC[C@H]1C(=O)N[C@H]1c2ccccc2C[C@H]1OCCCOCCCCCO. The number of benzene rings is 1. The Hall–Kier alpha value is -3.22. The standard InChI is InChI=1S/C36H58N4O8/c1-24(2)30(37-32(42)25(3)39(7)35(45)48-36(4,5)6)34(44)40-18-13-17-28(40)33(43)38-31-27-16-10-9-15-26(27)23-29(31)47-22-14-21-46-20-12-8-11-19-41/h9-10,15-16,24-25,28-31,41H,8,11-14,17-23H2,1-7H3,(H,37,42)(H,38,43)/t25-,28-,29+,30-,31-/m0/s1. The Bertz CT molecular complexity index is 1220. The number of likely N-dealkylation sites (tertiary alicyclic amines) is 1. The van der Waals surface area contributed by atoms with Gasteiger partial charge in [0.15, 0.2) is 0 Å². The van der Waals surface area contributed by atoms with E-state index in [1.807, 2.05) is 32.0 Å². The van der Waals surface area contributed by atoms with Gasteiger partial charge in [0.05, 0.1) is 12.1 Å². The van der Waals surface area contributed by atoms with E-state index in [4.69, 9.17) is 19.3 Å². The molecule has 0 bridgehead atoms. The number of aliphatic hydroxyl groups is 1. The third-order valence-corrected chi connectivity index (χ3v) is 8.90. The first-order valence-corrected chi connectivity index (χ1v) is 17.5. The number of unbranched alkanes of at least 4 members (excludes halogenated alkanes) is 2. The number of likely N-dealkylation sites (N-methyl/N-ethyl adjacent to an activating group) is 1. The van der Waals surface area contributed by atoms with Gasteiger partial charge in [-0.2, -0.15) is 0 Å². The van der Waals surface area contributed by atoms with Gasteiger partial charge in [-0.25, -0.2) is 4.79 Å². The number of hydrogen-bond acceptors (Lipinski definition) is 8. The molecule has 0 unspecified atom stereocenters. The number of fused-ring (bicyclic) bond motifs is 1. The Balaban J connectivity index is 1.62. The molecule has 3 N–H and O–H groups in total. The van der Waals surface area contributed by atoms with Crippen LogP contribution in [0, 0.1) is 5.92 Å². The van der Waals surface area contributed by atoms with E-state index in [1.54, 1.807) is 32.6 Å². The largest absolute Gasteiger partial charge is 0.444 e. The molecule has 12 nitrogen and oxygen atoms in total. The second kappa shape index (κ2) is 18.5. The molecule has 1 fully saturated rings. The van der Waals surface area contributed by atoms with Gasteiger partial charge in [-0.15, -0.1) is 0 Å². The molecule has 0 radical (unpaired) electrons. The normalized spacial score (nSPS) is 20.3. The van der Waals surface area contributed by atoms with Crippen LogP contribution in [0.1, 0.15) is 97.2 Å². The summed E-state index contributed by atoms with van der Waals surface area (Å²) in [5, 5.41) is 14.9. The van der Waals surface area contributed by atoms with E-state index < -0.39 is 35.7 Å². The van der Waals surface area contributed by atoms with Gasteiger partial charge in [0, 0.05) is 46.4 Å². The number of nitrogens with zero attached hydrogens (tertiary/aromatic N) is 2. The topological polar surface area (TPSA) is 147 Å². The fraction of sp³-hybridized carbons (Fsp3) is 0.722. The third-order valence-electron chi connectivity index (χ3n) is 8.90. The number of aliphatic hydroxyl groups excluding tert-OH is 1. The molecule has 48 heavy (non-hydrogen) atoms. The molecule has 3 rings (SSSR count). The van der Waals surface area contributed by atoms with Crippen molar-refractivity contribution in [1.82, 2.24) is 20.4 Å². The number of carbonyl (C=O) groups is 4. The van der Waals surface area contributed by atoms with Gasteiger partial charge in [-0.05, 0) is 83.3 Å². The first kappa shape index (κ1) is 39.2. The van der Waals surface area contributed by atoms with E-state index in [1.165, 1.54) is 11.9 Å².